The van der Waals surface area contributed by atoms with E-state index in [1.54, 1.807) is 54.6 Å². The van der Waals surface area contributed by atoms with Crippen LogP contribution in [0.3, 0.4) is 0 Å². The lowest BCUT2D eigenvalue weighted by molar-refractivity contribution is -0.194. The fourth-order valence-corrected chi connectivity index (χ4v) is 6.30. The highest BCUT2D eigenvalue weighted by Gasteiger charge is 2.71. The Bertz CT molecular complexity index is 1280. The molecule has 4 rings (SSSR count). The van der Waals surface area contributed by atoms with Crippen LogP contribution in [0, 0.1) is 0 Å². The Morgan fingerprint density at radius 3 is 2.34 bits per heavy atom. The number of rotatable bonds is 8. The molecule has 0 unspecified atom stereocenters. The van der Waals surface area contributed by atoms with Crippen molar-refractivity contribution in [3.05, 3.63) is 77.5 Å². The second kappa shape index (κ2) is 9.51. The van der Waals surface area contributed by atoms with Crippen LogP contribution in [0.25, 0.3) is 0 Å². The number of fused-ring (bicyclic) bond motifs is 1. The number of esters is 1. The predicted molar refractivity (Wildman–Crippen MR) is 123 cm³/mol. The average Bonchev–Trinajstić information content (AvgIpc) is 2.85. The summed E-state index contributed by atoms with van der Waals surface area (Å²) in [6.45, 7) is 0.911. The predicted octanol–water partition coefficient (Wildman–Crippen LogP) is 1.14. The van der Waals surface area contributed by atoms with Gasteiger partial charge < -0.3 is 19.5 Å². The van der Waals surface area contributed by atoms with Gasteiger partial charge in [-0.15, -0.1) is 0 Å². The molecular formula is C24H24N2O8S. The minimum absolute atomic E-state index is 0.0567. The Kier molecular flexibility index (Phi) is 6.64. The molecule has 184 valence electrons. The molecule has 0 saturated carbocycles. The standard InChI is InChI=1S/C24H24N2O8S/c1-16-15-35(30,31)23-24(32-2,25-19(27)14-33-18-11-7-4-8-12-18)22(29)26(23)20(16)21(28)34-13-17-9-5-3-6-10-17/h3-12,23H,13-15H2,1-2H3,(H,25,27)/t23-,24+/m1/s1. The molecule has 1 fully saturated rings. The van der Waals surface area contributed by atoms with Crippen molar-refractivity contribution < 1.29 is 37.0 Å². The first kappa shape index (κ1) is 24.4. The normalized spacial score (nSPS) is 22.6. The van der Waals surface area contributed by atoms with E-state index in [-0.39, 0.29) is 17.9 Å². The van der Waals surface area contributed by atoms with E-state index in [1.807, 2.05) is 6.07 Å². The van der Waals surface area contributed by atoms with Gasteiger partial charge in [0.05, 0.1) is 5.75 Å². The first-order chi connectivity index (χ1) is 16.7. The zero-order chi connectivity index (χ0) is 25.2. The van der Waals surface area contributed by atoms with Gasteiger partial charge in [0.15, 0.2) is 21.8 Å². The van der Waals surface area contributed by atoms with Crippen LogP contribution in [0.5, 0.6) is 5.75 Å². The third-order valence-electron chi connectivity index (χ3n) is 5.69. The van der Waals surface area contributed by atoms with Crippen LogP contribution < -0.4 is 10.1 Å². The Morgan fingerprint density at radius 2 is 1.71 bits per heavy atom. The number of para-hydroxylation sites is 1. The van der Waals surface area contributed by atoms with E-state index in [0.717, 1.165) is 17.6 Å². The molecule has 0 radical (unpaired) electrons. The lowest BCUT2D eigenvalue weighted by Gasteiger charge is -2.55. The number of carbonyl (C=O) groups excluding carboxylic acids is 3. The zero-order valence-corrected chi connectivity index (χ0v) is 19.9. The second-order valence-electron chi connectivity index (χ2n) is 8.12. The molecule has 35 heavy (non-hydrogen) atoms. The van der Waals surface area contributed by atoms with E-state index in [2.05, 4.69) is 5.32 Å². The Balaban J connectivity index is 1.53. The summed E-state index contributed by atoms with van der Waals surface area (Å²) in [6, 6.07) is 17.4. The highest BCUT2D eigenvalue weighted by molar-refractivity contribution is 7.92. The van der Waals surface area contributed by atoms with E-state index >= 15 is 0 Å². The van der Waals surface area contributed by atoms with Crippen LogP contribution in [0.2, 0.25) is 0 Å². The lowest BCUT2D eigenvalue weighted by Crippen LogP contribution is -2.84. The van der Waals surface area contributed by atoms with E-state index in [0.29, 0.717) is 5.75 Å². The number of amides is 2. The topological polar surface area (TPSA) is 128 Å². The number of hydrogen-bond donors (Lipinski definition) is 1. The van der Waals surface area contributed by atoms with E-state index in [9.17, 15) is 22.8 Å². The number of nitrogens with one attached hydrogen (secondary N) is 1. The molecular weight excluding hydrogens is 476 g/mol. The maximum Gasteiger partial charge on any atom is 0.355 e. The van der Waals surface area contributed by atoms with Crippen molar-refractivity contribution in [1.29, 1.82) is 0 Å². The Morgan fingerprint density at radius 1 is 1.09 bits per heavy atom. The fourth-order valence-electron chi connectivity index (χ4n) is 4.12. The summed E-state index contributed by atoms with van der Waals surface area (Å²) in [5.41, 5.74) is -1.48. The summed E-state index contributed by atoms with van der Waals surface area (Å²) in [4.78, 5) is 39.5. The number of ether oxygens (including phenoxy) is 3. The SMILES string of the molecule is CO[C@@]1(NC(=O)COc2ccccc2)C(=O)N2C(C(=O)OCc3ccccc3)=C(C)CS(=O)(=O)[C@@H]21. The van der Waals surface area contributed by atoms with Gasteiger partial charge in [-0.25, -0.2) is 13.2 Å². The number of benzene rings is 2. The van der Waals surface area contributed by atoms with Crippen molar-refractivity contribution in [3.63, 3.8) is 0 Å². The molecule has 2 heterocycles. The minimum atomic E-state index is -4.01. The van der Waals surface area contributed by atoms with Crippen LogP contribution >= 0.6 is 0 Å². The maximum absolute atomic E-state index is 13.2. The van der Waals surface area contributed by atoms with Gasteiger partial charge in [0, 0.05) is 7.11 Å². The lowest BCUT2D eigenvalue weighted by atomic mass is 9.98. The quantitative estimate of drug-likeness (QED) is 0.325. The molecule has 2 aromatic carbocycles. The highest BCUT2D eigenvalue weighted by atomic mass is 32.2. The van der Waals surface area contributed by atoms with Crippen molar-refractivity contribution >= 4 is 27.6 Å². The molecule has 1 N–H and O–H groups in total. The van der Waals surface area contributed by atoms with Crippen molar-refractivity contribution in [3.8, 4) is 5.75 Å². The summed E-state index contributed by atoms with van der Waals surface area (Å²) in [5, 5.41) is 0.727. The van der Waals surface area contributed by atoms with Gasteiger partial charge in [-0.3, -0.25) is 14.5 Å². The third-order valence-corrected chi connectivity index (χ3v) is 7.75. The molecule has 0 spiro atoms. The van der Waals surface area contributed by atoms with Crippen molar-refractivity contribution in [2.24, 2.45) is 0 Å². The molecule has 2 aliphatic rings. The van der Waals surface area contributed by atoms with Gasteiger partial charge in [-0.1, -0.05) is 48.5 Å². The fraction of sp³-hybridized carbons (Fsp3) is 0.292. The molecule has 0 aromatic heterocycles. The number of nitrogens with zero attached hydrogens (tertiary/aromatic N) is 1. The molecule has 1 saturated heterocycles. The smallest absolute Gasteiger partial charge is 0.355 e. The number of carbonyl (C=O) groups is 3. The van der Waals surface area contributed by atoms with Crippen molar-refractivity contribution in [1.82, 2.24) is 10.2 Å². The van der Waals surface area contributed by atoms with Gasteiger partial charge in [0.25, 0.3) is 17.5 Å². The Labute approximate surface area is 202 Å². The first-order valence-electron chi connectivity index (χ1n) is 10.7. The van der Waals surface area contributed by atoms with Crippen LogP contribution in [-0.2, 0) is 40.3 Å². The van der Waals surface area contributed by atoms with Crippen molar-refractivity contribution in [2.45, 2.75) is 24.6 Å². The molecule has 0 aliphatic carbocycles. The Hall–Kier alpha value is -3.70. The molecule has 2 aliphatic heterocycles. The summed E-state index contributed by atoms with van der Waals surface area (Å²) < 4.78 is 42.1. The monoisotopic (exact) mass is 500 g/mol. The van der Waals surface area contributed by atoms with Crippen LogP contribution in [0.15, 0.2) is 71.9 Å². The summed E-state index contributed by atoms with van der Waals surface area (Å²) in [6.07, 6.45) is 0. The summed E-state index contributed by atoms with van der Waals surface area (Å²) in [7, 11) is -2.90. The average molecular weight is 501 g/mol. The van der Waals surface area contributed by atoms with Gasteiger partial charge in [0.2, 0.25) is 0 Å². The number of methoxy groups -OCH3 is 1. The molecule has 2 amide bonds. The third kappa shape index (κ3) is 4.52. The van der Waals surface area contributed by atoms with Crippen LogP contribution in [0.1, 0.15) is 12.5 Å². The van der Waals surface area contributed by atoms with Gasteiger partial charge in [-0.2, -0.15) is 0 Å². The second-order valence-corrected chi connectivity index (χ2v) is 10.2. The maximum atomic E-state index is 13.2. The number of hydrogen-bond acceptors (Lipinski definition) is 8. The van der Waals surface area contributed by atoms with E-state index in [4.69, 9.17) is 14.2 Å². The molecule has 2 aromatic rings. The van der Waals surface area contributed by atoms with Gasteiger partial charge in [0.1, 0.15) is 18.1 Å². The number of sulfone groups is 1. The van der Waals surface area contributed by atoms with Crippen molar-refractivity contribution in [2.75, 3.05) is 19.5 Å². The zero-order valence-electron chi connectivity index (χ0n) is 19.1. The van der Waals surface area contributed by atoms with E-state index in [1.165, 1.54) is 6.92 Å². The van der Waals surface area contributed by atoms with Crippen LogP contribution in [-0.4, -0.2) is 61.7 Å². The van der Waals surface area contributed by atoms with Gasteiger partial charge in [-0.05, 0) is 30.2 Å². The molecule has 0 bridgehead atoms. The molecule has 11 heteroatoms. The first-order valence-corrected chi connectivity index (χ1v) is 12.4. The summed E-state index contributed by atoms with van der Waals surface area (Å²) in [5.74, 6) is -2.59. The van der Waals surface area contributed by atoms with E-state index < -0.39 is 51.1 Å². The summed E-state index contributed by atoms with van der Waals surface area (Å²) >= 11 is 0. The van der Waals surface area contributed by atoms with Gasteiger partial charge >= 0.3 is 5.97 Å². The largest absolute Gasteiger partial charge is 0.484 e. The minimum Gasteiger partial charge on any atom is -0.484 e. The van der Waals surface area contributed by atoms with Crippen LogP contribution in [0.4, 0.5) is 0 Å². The molecule has 2 atom stereocenters. The number of β-lactam (4-membered cyclic amide) rings is 1. The highest BCUT2D eigenvalue weighted by Crippen LogP contribution is 2.43. The molecule has 10 nitrogen and oxygen atoms in total.